The maximum Gasteiger partial charge on any atom is 0.264 e. The van der Waals surface area contributed by atoms with Gasteiger partial charge >= 0.3 is 0 Å². The summed E-state index contributed by atoms with van der Waals surface area (Å²) in [6, 6.07) is 8.64. The summed E-state index contributed by atoms with van der Waals surface area (Å²) in [5, 5.41) is 6.72. The van der Waals surface area contributed by atoms with Crippen molar-refractivity contribution >= 4 is 46.4 Å². The highest BCUT2D eigenvalue weighted by atomic mass is 35.5. The van der Waals surface area contributed by atoms with E-state index in [1.807, 2.05) is 0 Å². The average Bonchev–Trinajstić information content (AvgIpc) is 2.60. The second-order valence-corrected chi connectivity index (χ2v) is 6.87. The van der Waals surface area contributed by atoms with Crippen LogP contribution in [0.15, 0.2) is 41.2 Å². The number of H-pyrrole nitrogens is 1. The fourth-order valence-electron chi connectivity index (χ4n) is 2.19. The lowest BCUT2D eigenvalue weighted by atomic mass is 10.1. The lowest BCUT2D eigenvalue weighted by Gasteiger charge is -2.13. The second-order valence-electron chi connectivity index (χ2n) is 5.24. The first-order chi connectivity index (χ1) is 12.3. The maximum absolute atomic E-state index is 14.9. The molecule has 9 heteroatoms. The van der Waals surface area contributed by atoms with Gasteiger partial charge in [0.05, 0.1) is 15.7 Å². The van der Waals surface area contributed by atoms with Crippen molar-refractivity contribution in [2.24, 2.45) is 0 Å². The molecule has 0 unspecified atom stereocenters. The number of nitrogens with zero attached hydrogens (tertiary/aromatic N) is 1. The molecule has 134 valence electrons. The van der Waals surface area contributed by atoms with Crippen molar-refractivity contribution in [2.75, 3.05) is 0 Å². The molecule has 3 rings (SSSR count). The van der Waals surface area contributed by atoms with E-state index in [1.165, 1.54) is 36.4 Å². The summed E-state index contributed by atoms with van der Waals surface area (Å²) in [4.78, 5) is 11.1. The first-order valence-electron chi connectivity index (χ1n) is 7.19. The van der Waals surface area contributed by atoms with Crippen LogP contribution in [0.25, 0.3) is 0 Å². The zero-order chi connectivity index (χ0) is 18.8. The van der Waals surface area contributed by atoms with Crippen molar-refractivity contribution < 1.29 is 9.13 Å². The number of hydrogen-bond acceptors (Lipinski definition) is 3. The van der Waals surface area contributed by atoms with Crippen molar-refractivity contribution in [2.45, 2.75) is 6.42 Å². The molecule has 1 aromatic heterocycles. The molecule has 4 nitrogen and oxygen atoms in total. The van der Waals surface area contributed by atoms with Crippen LogP contribution >= 0.6 is 46.4 Å². The highest BCUT2D eigenvalue weighted by Crippen LogP contribution is 2.41. The fourth-order valence-corrected chi connectivity index (χ4v) is 2.99. The van der Waals surface area contributed by atoms with E-state index in [9.17, 15) is 9.18 Å². The predicted octanol–water partition coefficient (Wildman–Crippen LogP) is 5.91. The molecule has 26 heavy (non-hydrogen) atoms. The summed E-state index contributed by atoms with van der Waals surface area (Å²) in [5.41, 5.74) is 0.399. The monoisotopic (exact) mass is 432 g/mol. The first kappa shape index (κ1) is 19.0. The zero-order valence-corrected chi connectivity index (χ0v) is 15.8. The Morgan fingerprint density at radius 3 is 2.50 bits per heavy atom. The smallest absolute Gasteiger partial charge is 0.264 e. The van der Waals surface area contributed by atoms with E-state index in [2.05, 4.69) is 10.2 Å². The Balaban J connectivity index is 1.98. The summed E-state index contributed by atoms with van der Waals surface area (Å²) in [6.45, 7) is 0. The lowest BCUT2D eigenvalue weighted by Crippen LogP contribution is -2.08. The van der Waals surface area contributed by atoms with E-state index >= 15 is 0 Å². The molecule has 0 atom stereocenters. The van der Waals surface area contributed by atoms with E-state index in [-0.39, 0.29) is 49.1 Å². The summed E-state index contributed by atoms with van der Waals surface area (Å²) in [5.74, 6) is -0.823. The quantitative estimate of drug-likeness (QED) is 0.520. The number of aromatic nitrogens is 2. The molecule has 2 aromatic carbocycles. The number of hydrogen-bond donors (Lipinski definition) is 1. The minimum absolute atomic E-state index is 0.0489. The molecule has 0 aliphatic heterocycles. The van der Waals surface area contributed by atoms with Crippen molar-refractivity contribution in [3.63, 3.8) is 0 Å². The number of ether oxygens (including phenoxy) is 1. The first-order valence-corrected chi connectivity index (χ1v) is 8.70. The molecule has 0 fully saturated rings. The zero-order valence-electron chi connectivity index (χ0n) is 12.8. The van der Waals surface area contributed by atoms with Crippen LogP contribution in [0.5, 0.6) is 11.5 Å². The van der Waals surface area contributed by atoms with Gasteiger partial charge in [0.25, 0.3) is 5.56 Å². The van der Waals surface area contributed by atoms with Gasteiger partial charge in [0.15, 0.2) is 11.6 Å². The van der Waals surface area contributed by atoms with Crippen LogP contribution in [-0.4, -0.2) is 10.2 Å². The number of rotatable bonds is 4. The van der Waals surface area contributed by atoms with Crippen LogP contribution in [0.1, 0.15) is 11.3 Å². The third kappa shape index (κ3) is 4.13. The third-order valence-corrected chi connectivity index (χ3v) is 4.71. The molecule has 0 amide bonds. The van der Waals surface area contributed by atoms with Gasteiger partial charge in [-0.3, -0.25) is 4.79 Å². The Morgan fingerprint density at radius 1 is 1.04 bits per heavy atom. The molecule has 3 aromatic rings. The van der Waals surface area contributed by atoms with Gasteiger partial charge in [0, 0.05) is 23.6 Å². The largest absolute Gasteiger partial charge is 0.451 e. The molecule has 0 aliphatic rings. The standard InChI is InChI=1S/C17H9Cl4FN2O2/c18-9-6-12(20)15(21)13(7-9)26-17-11(19)3-1-8(16(17)22)5-10-2-4-14(25)24-23-10/h1-4,6-7H,5H2,(H,24,25). The van der Waals surface area contributed by atoms with Gasteiger partial charge in [-0.15, -0.1) is 0 Å². The Hall–Kier alpha value is -1.79. The predicted molar refractivity (Wildman–Crippen MR) is 101 cm³/mol. The van der Waals surface area contributed by atoms with Crippen LogP contribution in [-0.2, 0) is 6.42 Å². The highest BCUT2D eigenvalue weighted by molar-refractivity contribution is 6.44. The van der Waals surface area contributed by atoms with Crippen molar-refractivity contribution in [3.8, 4) is 11.5 Å². The van der Waals surface area contributed by atoms with Gasteiger partial charge in [-0.2, -0.15) is 5.10 Å². The topological polar surface area (TPSA) is 55.0 Å². The van der Waals surface area contributed by atoms with Crippen LogP contribution in [0.4, 0.5) is 4.39 Å². The van der Waals surface area contributed by atoms with Crippen LogP contribution < -0.4 is 10.3 Å². The van der Waals surface area contributed by atoms with E-state index < -0.39 is 5.82 Å². The molecular formula is C17H9Cl4FN2O2. The number of nitrogens with one attached hydrogen (secondary N) is 1. The normalized spacial score (nSPS) is 10.8. The van der Waals surface area contributed by atoms with Crippen LogP contribution in [0, 0.1) is 5.82 Å². The SMILES string of the molecule is O=c1ccc(Cc2ccc(Cl)c(Oc3cc(Cl)cc(Cl)c3Cl)c2F)n[nH]1. The summed E-state index contributed by atoms with van der Waals surface area (Å²) >= 11 is 24.0. The van der Waals surface area contributed by atoms with E-state index in [1.54, 1.807) is 0 Å². The summed E-state index contributed by atoms with van der Waals surface area (Å²) in [7, 11) is 0. The van der Waals surface area contributed by atoms with Crippen molar-refractivity contribution in [1.82, 2.24) is 10.2 Å². The summed E-state index contributed by atoms with van der Waals surface area (Å²) < 4.78 is 20.4. The Morgan fingerprint density at radius 2 is 1.81 bits per heavy atom. The molecule has 1 heterocycles. The number of aromatic amines is 1. The van der Waals surface area contributed by atoms with Gasteiger partial charge in [0.2, 0.25) is 0 Å². The Bertz CT molecular complexity index is 1020. The van der Waals surface area contributed by atoms with Gasteiger partial charge in [-0.1, -0.05) is 52.5 Å². The minimum Gasteiger partial charge on any atom is -0.451 e. The third-order valence-electron chi connectivity index (χ3n) is 3.41. The highest BCUT2D eigenvalue weighted by Gasteiger charge is 2.18. The summed E-state index contributed by atoms with van der Waals surface area (Å²) in [6.07, 6.45) is 0.125. The molecule has 0 spiro atoms. The van der Waals surface area contributed by atoms with Gasteiger partial charge in [-0.25, -0.2) is 9.49 Å². The molecule has 0 saturated carbocycles. The van der Waals surface area contributed by atoms with Gasteiger partial charge in [-0.05, 0) is 23.8 Å². The second kappa shape index (κ2) is 7.84. The number of benzene rings is 2. The van der Waals surface area contributed by atoms with Crippen LogP contribution in [0.3, 0.4) is 0 Å². The molecule has 0 radical (unpaired) electrons. The van der Waals surface area contributed by atoms with E-state index in [0.717, 1.165) is 0 Å². The van der Waals surface area contributed by atoms with Crippen LogP contribution in [0.2, 0.25) is 20.1 Å². The fraction of sp³-hybridized carbons (Fsp3) is 0.0588. The van der Waals surface area contributed by atoms with E-state index in [0.29, 0.717) is 5.69 Å². The molecule has 0 bridgehead atoms. The van der Waals surface area contributed by atoms with E-state index in [4.69, 9.17) is 51.1 Å². The van der Waals surface area contributed by atoms with Crippen molar-refractivity contribution in [3.05, 3.63) is 83.9 Å². The Labute approximate surface area is 167 Å². The molecular weight excluding hydrogens is 425 g/mol. The molecule has 1 N–H and O–H groups in total. The Kier molecular flexibility index (Phi) is 5.73. The molecule has 0 aliphatic carbocycles. The average molecular weight is 434 g/mol. The number of halogens is 5. The van der Waals surface area contributed by atoms with Gasteiger partial charge in [0.1, 0.15) is 10.8 Å². The van der Waals surface area contributed by atoms with Crippen molar-refractivity contribution in [1.29, 1.82) is 0 Å². The molecule has 0 saturated heterocycles. The van der Waals surface area contributed by atoms with Gasteiger partial charge < -0.3 is 4.74 Å². The lowest BCUT2D eigenvalue weighted by molar-refractivity contribution is 0.439. The minimum atomic E-state index is -0.683. The maximum atomic E-state index is 14.9.